The average Bonchev–Trinajstić information content (AvgIpc) is 3.24. The summed E-state index contributed by atoms with van der Waals surface area (Å²) >= 11 is 0. The van der Waals surface area contributed by atoms with Crippen LogP contribution in [0.4, 0.5) is 4.79 Å². The van der Waals surface area contributed by atoms with E-state index >= 15 is 0 Å². The Balaban J connectivity index is 1.16. The second-order valence-electron chi connectivity index (χ2n) is 7.94. The molecule has 3 saturated heterocycles. The summed E-state index contributed by atoms with van der Waals surface area (Å²) in [6.45, 7) is 8.12. The van der Waals surface area contributed by atoms with Crippen LogP contribution in [0.2, 0.25) is 0 Å². The Morgan fingerprint density at radius 3 is 2.76 bits per heavy atom. The van der Waals surface area contributed by atoms with Crippen molar-refractivity contribution >= 4 is 6.03 Å². The van der Waals surface area contributed by atoms with Gasteiger partial charge in [0.05, 0.1) is 18.8 Å². The van der Waals surface area contributed by atoms with Gasteiger partial charge >= 0.3 is 6.03 Å². The zero-order valence-corrected chi connectivity index (χ0v) is 15.1. The number of rotatable bonds is 4. The van der Waals surface area contributed by atoms with Gasteiger partial charge in [-0.2, -0.15) is 0 Å². The molecule has 1 atom stereocenters. The summed E-state index contributed by atoms with van der Waals surface area (Å²) in [5, 5.41) is 3.09. The van der Waals surface area contributed by atoms with Crippen LogP contribution in [0.1, 0.15) is 37.2 Å². The number of carbonyl (C=O) groups is 1. The molecule has 3 fully saturated rings. The van der Waals surface area contributed by atoms with E-state index in [0.717, 1.165) is 83.1 Å². The molecule has 25 heavy (non-hydrogen) atoms. The minimum Gasteiger partial charge on any atom is -0.465 e. The van der Waals surface area contributed by atoms with Crippen LogP contribution in [-0.2, 0) is 11.3 Å². The molecule has 2 amide bonds. The highest BCUT2D eigenvalue weighted by molar-refractivity contribution is 5.74. The number of nitrogens with one attached hydrogen (secondary N) is 1. The van der Waals surface area contributed by atoms with E-state index in [1.807, 2.05) is 17.9 Å². The lowest BCUT2D eigenvalue weighted by molar-refractivity contribution is -0.182. The molecule has 0 radical (unpaired) electrons. The Hall–Kier alpha value is -1.53. The Kier molecular flexibility index (Phi) is 4.73. The van der Waals surface area contributed by atoms with E-state index in [1.54, 1.807) is 0 Å². The Bertz CT molecular complexity index is 593. The van der Waals surface area contributed by atoms with Crippen LogP contribution in [-0.4, -0.2) is 60.8 Å². The zero-order valence-electron chi connectivity index (χ0n) is 15.1. The molecule has 6 nitrogen and oxygen atoms in total. The van der Waals surface area contributed by atoms with Crippen LogP contribution in [0.3, 0.4) is 0 Å². The molecule has 1 spiro atoms. The van der Waals surface area contributed by atoms with Crippen LogP contribution < -0.4 is 5.32 Å². The number of hydrogen-bond donors (Lipinski definition) is 1. The monoisotopic (exact) mass is 347 g/mol. The van der Waals surface area contributed by atoms with E-state index in [1.165, 1.54) is 0 Å². The lowest BCUT2D eigenvalue weighted by atomic mass is 9.83. The normalized spacial score (nSPS) is 26.0. The van der Waals surface area contributed by atoms with Crippen LogP contribution in [0.15, 0.2) is 16.5 Å². The Morgan fingerprint density at radius 2 is 2.12 bits per heavy atom. The molecule has 0 aromatic carbocycles. The van der Waals surface area contributed by atoms with E-state index in [4.69, 9.17) is 9.15 Å². The highest BCUT2D eigenvalue weighted by atomic mass is 16.5. The number of amides is 2. The Morgan fingerprint density at radius 1 is 1.32 bits per heavy atom. The van der Waals surface area contributed by atoms with Gasteiger partial charge in [0, 0.05) is 32.7 Å². The molecular weight excluding hydrogens is 318 g/mol. The standard InChI is InChI=1S/C19H29N3O3/c1-15-4-5-17(25-15)11-21-13-19(14-21)7-6-16(12-24-19)10-20-18(23)22-8-2-3-9-22/h4-5,16H,2-3,6-14H2,1H3,(H,20,23)/t16-/m1/s1. The first-order valence-electron chi connectivity index (χ1n) is 9.56. The maximum absolute atomic E-state index is 12.1. The van der Waals surface area contributed by atoms with Crippen molar-refractivity contribution in [3.63, 3.8) is 0 Å². The van der Waals surface area contributed by atoms with E-state index < -0.39 is 0 Å². The minimum absolute atomic E-state index is 0.0388. The molecular formula is C19H29N3O3. The van der Waals surface area contributed by atoms with Gasteiger partial charge in [0.25, 0.3) is 0 Å². The average molecular weight is 347 g/mol. The molecule has 0 aliphatic carbocycles. The summed E-state index contributed by atoms with van der Waals surface area (Å²) in [7, 11) is 0. The van der Waals surface area contributed by atoms with Gasteiger partial charge in [-0.1, -0.05) is 0 Å². The second kappa shape index (κ2) is 7.00. The van der Waals surface area contributed by atoms with Gasteiger partial charge in [-0.05, 0) is 50.7 Å². The van der Waals surface area contributed by atoms with Crippen molar-refractivity contribution < 1.29 is 13.9 Å². The van der Waals surface area contributed by atoms with Crippen molar-refractivity contribution in [2.45, 2.75) is 44.8 Å². The Labute approximate surface area is 149 Å². The quantitative estimate of drug-likeness (QED) is 0.908. The first-order valence-corrected chi connectivity index (χ1v) is 9.56. The topological polar surface area (TPSA) is 58.0 Å². The van der Waals surface area contributed by atoms with E-state index in [-0.39, 0.29) is 11.6 Å². The molecule has 6 heteroatoms. The summed E-state index contributed by atoms with van der Waals surface area (Å²) in [6.07, 6.45) is 4.49. The molecule has 3 aliphatic heterocycles. The van der Waals surface area contributed by atoms with Crippen molar-refractivity contribution in [1.29, 1.82) is 0 Å². The SMILES string of the molecule is Cc1ccc(CN2CC3(CC[C@H](CNC(=O)N4CCCC4)CO3)C2)o1. The summed E-state index contributed by atoms with van der Waals surface area (Å²) in [5.74, 6) is 2.45. The third-order valence-electron chi connectivity index (χ3n) is 5.77. The van der Waals surface area contributed by atoms with Gasteiger partial charge in [-0.3, -0.25) is 4.90 Å². The number of urea groups is 1. The number of furan rings is 1. The van der Waals surface area contributed by atoms with Crippen molar-refractivity contribution in [1.82, 2.24) is 15.1 Å². The molecule has 138 valence electrons. The van der Waals surface area contributed by atoms with Crippen molar-refractivity contribution in [3.8, 4) is 0 Å². The third-order valence-corrected chi connectivity index (χ3v) is 5.77. The van der Waals surface area contributed by atoms with Gasteiger partial charge in [0.2, 0.25) is 0 Å². The molecule has 3 aliphatic rings. The zero-order chi connectivity index (χ0) is 17.3. The number of carbonyl (C=O) groups excluding carboxylic acids is 1. The van der Waals surface area contributed by atoms with Crippen molar-refractivity contribution in [2.75, 3.05) is 39.3 Å². The van der Waals surface area contributed by atoms with Crippen LogP contribution >= 0.6 is 0 Å². The molecule has 1 aromatic rings. The van der Waals surface area contributed by atoms with Crippen LogP contribution in [0, 0.1) is 12.8 Å². The maximum atomic E-state index is 12.1. The third kappa shape index (κ3) is 3.85. The lowest BCUT2D eigenvalue weighted by Crippen LogP contribution is -2.64. The fraction of sp³-hybridized carbons (Fsp3) is 0.737. The van der Waals surface area contributed by atoms with E-state index in [0.29, 0.717) is 5.92 Å². The smallest absolute Gasteiger partial charge is 0.317 e. The predicted octanol–water partition coefficient (Wildman–Crippen LogP) is 2.37. The van der Waals surface area contributed by atoms with E-state index in [9.17, 15) is 4.79 Å². The number of likely N-dealkylation sites (tertiary alicyclic amines) is 2. The summed E-state index contributed by atoms with van der Waals surface area (Å²) in [4.78, 5) is 16.4. The summed E-state index contributed by atoms with van der Waals surface area (Å²) in [6, 6.07) is 4.17. The maximum Gasteiger partial charge on any atom is 0.317 e. The summed E-state index contributed by atoms with van der Waals surface area (Å²) in [5.41, 5.74) is 0.0388. The first-order chi connectivity index (χ1) is 12.1. The van der Waals surface area contributed by atoms with Gasteiger partial charge in [-0.15, -0.1) is 0 Å². The predicted molar refractivity (Wildman–Crippen MR) is 94.3 cm³/mol. The molecule has 0 saturated carbocycles. The lowest BCUT2D eigenvalue weighted by Gasteiger charge is -2.52. The van der Waals surface area contributed by atoms with Crippen molar-refractivity contribution in [3.05, 3.63) is 23.7 Å². The van der Waals surface area contributed by atoms with Gasteiger partial charge in [-0.25, -0.2) is 4.79 Å². The van der Waals surface area contributed by atoms with Gasteiger partial charge < -0.3 is 19.4 Å². The van der Waals surface area contributed by atoms with Crippen molar-refractivity contribution in [2.24, 2.45) is 5.92 Å². The molecule has 4 rings (SSSR count). The van der Waals surface area contributed by atoms with Crippen LogP contribution in [0.25, 0.3) is 0 Å². The van der Waals surface area contributed by atoms with Crippen LogP contribution in [0.5, 0.6) is 0 Å². The molecule has 4 heterocycles. The largest absolute Gasteiger partial charge is 0.465 e. The second-order valence-corrected chi connectivity index (χ2v) is 7.94. The summed E-state index contributed by atoms with van der Waals surface area (Å²) < 4.78 is 11.9. The van der Waals surface area contributed by atoms with E-state index in [2.05, 4.69) is 16.3 Å². The molecule has 0 unspecified atom stereocenters. The fourth-order valence-electron chi connectivity index (χ4n) is 4.26. The van der Waals surface area contributed by atoms with Gasteiger partial charge in [0.15, 0.2) is 0 Å². The minimum atomic E-state index is 0.0388. The number of ether oxygens (including phenoxy) is 1. The highest BCUT2D eigenvalue weighted by Gasteiger charge is 2.46. The number of nitrogens with zero attached hydrogens (tertiary/aromatic N) is 2. The fourth-order valence-corrected chi connectivity index (χ4v) is 4.26. The molecule has 0 bridgehead atoms. The molecule has 1 N–H and O–H groups in total. The first kappa shape index (κ1) is 16.9. The molecule has 1 aromatic heterocycles. The highest BCUT2D eigenvalue weighted by Crippen LogP contribution is 2.36. The number of hydrogen-bond acceptors (Lipinski definition) is 4. The van der Waals surface area contributed by atoms with Gasteiger partial charge in [0.1, 0.15) is 11.5 Å². The number of aryl methyl sites for hydroxylation is 1.